The summed E-state index contributed by atoms with van der Waals surface area (Å²) in [7, 11) is 1.73. The number of hydrogen-bond acceptors (Lipinski definition) is 7. The summed E-state index contributed by atoms with van der Waals surface area (Å²) in [5, 5.41) is 11.5. The molecule has 4 N–H and O–H groups in total. The van der Waals surface area contributed by atoms with E-state index in [9.17, 15) is 0 Å². The van der Waals surface area contributed by atoms with E-state index in [1.807, 2.05) is 54.6 Å². The Morgan fingerprint density at radius 3 is 2.41 bits per heavy atom. The van der Waals surface area contributed by atoms with Gasteiger partial charge in [-0.2, -0.15) is 0 Å². The lowest BCUT2D eigenvalue weighted by Crippen LogP contribution is -2.12. The summed E-state index contributed by atoms with van der Waals surface area (Å²) < 4.78 is 11.8. The first-order valence-electron chi connectivity index (χ1n) is 10.1. The second kappa shape index (κ2) is 9.61. The highest BCUT2D eigenvalue weighted by Crippen LogP contribution is 2.27. The maximum absolute atomic E-state index is 8.54. The molecule has 0 spiro atoms. The Morgan fingerprint density at radius 2 is 1.66 bits per heavy atom. The van der Waals surface area contributed by atoms with Crippen LogP contribution < -0.4 is 20.5 Å². The molecule has 0 atom stereocenters. The zero-order valence-corrected chi connectivity index (χ0v) is 17.6. The van der Waals surface area contributed by atoms with Crippen molar-refractivity contribution >= 4 is 17.3 Å². The molecule has 0 radical (unpaired) electrons. The summed E-state index contributed by atoms with van der Waals surface area (Å²) in [4.78, 5) is 8.14. The van der Waals surface area contributed by atoms with Gasteiger partial charge in [-0.15, -0.1) is 0 Å². The zero-order chi connectivity index (χ0) is 22.3. The van der Waals surface area contributed by atoms with Gasteiger partial charge in [0.2, 0.25) is 0 Å². The number of nitrogens with two attached hydrogens (primary N) is 1. The number of nitrogen functional groups attached to an aromatic ring is 1. The highest BCUT2D eigenvalue weighted by molar-refractivity contribution is 6.16. The molecule has 160 valence electrons. The second-order valence-corrected chi connectivity index (χ2v) is 6.98. The van der Waals surface area contributed by atoms with Crippen LogP contribution in [0.5, 0.6) is 17.2 Å². The number of aromatic nitrogens is 2. The number of anilines is 2. The third-order valence-corrected chi connectivity index (χ3v) is 4.80. The van der Waals surface area contributed by atoms with Crippen LogP contribution in [0.15, 0.2) is 85.2 Å². The largest absolute Gasteiger partial charge is 0.489 e. The van der Waals surface area contributed by atoms with Gasteiger partial charge in [0, 0.05) is 18.7 Å². The lowest BCUT2D eigenvalue weighted by Gasteiger charge is -2.12. The lowest BCUT2D eigenvalue weighted by molar-refractivity contribution is 0.304. The predicted molar refractivity (Wildman–Crippen MR) is 126 cm³/mol. The van der Waals surface area contributed by atoms with Crippen molar-refractivity contribution in [2.75, 3.05) is 18.1 Å². The van der Waals surface area contributed by atoms with Crippen LogP contribution in [0.25, 0.3) is 0 Å². The molecule has 0 amide bonds. The van der Waals surface area contributed by atoms with Crippen LogP contribution in [0.1, 0.15) is 16.7 Å². The maximum Gasteiger partial charge on any atom is 0.140 e. The van der Waals surface area contributed by atoms with Crippen molar-refractivity contribution in [1.82, 2.24) is 9.97 Å². The van der Waals surface area contributed by atoms with Crippen LogP contribution in [-0.4, -0.2) is 22.7 Å². The van der Waals surface area contributed by atoms with Gasteiger partial charge in [0.25, 0.3) is 0 Å². The molecule has 4 aromatic rings. The lowest BCUT2D eigenvalue weighted by atomic mass is 10.0. The number of nitrogens with one attached hydrogen (secondary N) is 2. The van der Waals surface area contributed by atoms with Crippen LogP contribution in [0, 0.1) is 5.41 Å². The van der Waals surface area contributed by atoms with Crippen molar-refractivity contribution in [3.63, 3.8) is 0 Å². The number of ether oxygens (including phenoxy) is 2. The van der Waals surface area contributed by atoms with Gasteiger partial charge in [0.05, 0.1) is 11.3 Å². The summed E-state index contributed by atoms with van der Waals surface area (Å²) in [6, 6.07) is 24.7. The van der Waals surface area contributed by atoms with E-state index >= 15 is 0 Å². The molecular formula is C25H23N5O2. The van der Waals surface area contributed by atoms with E-state index in [-0.39, 0.29) is 11.5 Å². The summed E-state index contributed by atoms with van der Waals surface area (Å²) in [5.41, 5.74) is 8.45. The fourth-order valence-corrected chi connectivity index (χ4v) is 3.17. The molecule has 0 saturated heterocycles. The zero-order valence-electron chi connectivity index (χ0n) is 17.6. The third kappa shape index (κ3) is 4.84. The van der Waals surface area contributed by atoms with Gasteiger partial charge in [-0.05, 0) is 42.0 Å². The highest BCUT2D eigenvalue weighted by Gasteiger charge is 2.15. The molecule has 7 nitrogen and oxygen atoms in total. The summed E-state index contributed by atoms with van der Waals surface area (Å²) >= 11 is 0. The third-order valence-electron chi connectivity index (χ3n) is 4.80. The van der Waals surface area contributed by atoms with E-state index in [4.69, 9.17) is 20.6 Å². The minimum atomic E-state index is 0.232. The normalized spacial score (nSPS) is 10.4. The van der Waals surface area contributed by atoms with Crippen molar-refractivity contribution in [2.45, 2.75) is 6.61 Å². The van der Waals surface area contributed by atoms with E-state index in [1.165, 1.54) is 6.33 Å². The average molecular weight is 425 g/mol. The average Bonchev–Trinajstić information content (AvgIpc) is 2.83. The SMILES string of the molecule is CNc1ncnc(N)c1C(=N)c1ccc(Oc2cccc(OCc3ccccc3)c2)cc1. The monoisotopic (exact) mass is 425 g/mol. The molecule has 0 bridgehead atoms. The summed E-state index contributed by atoms with van der Waals surface area (Å²) in [6.07, 6.45) is 1.37. The fraction of sp³-hybridized carbons (Fsp3) is 0.0800. The molecule has 7 heteroatoms. The molecule has 1 heterocycles. The minimum absolute atomic E-state index is 0.232. The van der Waals surface area contributed by atoms with Gasteiger partial charge in [-0.25, -0.2) is 9.97 Å². The van der Waals surface area contributed by atoms with E-state index in [0.29, 0.717) is 35.1 Å². The van der Waals surface area contributed by atoms with Crippen molar-refractivity contribution < 1.29 is 9.47 Å². The fourth-order valence-electron chi connectivity index (χ4n) is 3.17. The van der Waals surface area contributed by atoms with Gasteiger partial charge in [0.1, 0.15) is 41.8 Å². The second-order valence-electron chi connectivity index (χ2n) is 6.98. The Balaban J connectivity index is 1.45. The van der Waals surface area contributed by atoms with E-state index in [1.54, 1.807) is 31.3 Å². The highest BCUT2D eigenvalue weighted by atomic mass is 16.5. The summed E-state index contributed by atoms with van der Waals surface area (Å²) in [5.74, 6) is 2.80. The predicted octanol–water partition coefficient (Wildman–Crippen LogP) is 4.89. The summed E-state index contributed by atoms with van der Waals surface area (Å²) in [6.45, 7) is 0.488. The van der Waals surface area contributed by atoms with Crippen LogP contribution in [0.2, 0.25) is 0 Å². The first-order chi connectivity index (χ1) is 15.6. The topological polar surface area (TPSA) is 106 Å². The smallest absolute Gasteiger partial charge is 0.140 e. The first-order valence-corrected chi connectivity index (χ1v) is 10.1. The number of nitrogens with zero attached hydrogens (tertiary/aromatic N) is 2. The molecule has 1 aromatic heterocycles. The standard InChI is InChI=1S/C25H23N5O2/c1-28-25-22(24(27)29-16-30-25)23(26)18-10-12-19(13-11-18)32-21-9-5-8-20(14-21)31-15-17-6-3-2-4-7-17/h2-14,16,26H,15H2,1H3,(H3,27,28,29,30). The molecule has 32 heavy (non-hydrogen) atoms. The van der Waals surface area contributed by atoms with Crippen molar-refractivity contribution in [3.05, 3.63) is 102 Å². The molecule has 0 aliphatic heterocycles. The van der Waals surface area contributed by atoms with E-state index < -0.39 is 0 Å². The number of rotatable bonds is 8. The van der Waals surface area contributed by atoms with E-state index in [2.05, 4.69) is 15.3 Å². The number of hydrogen-bond donors (Lipinski definition) is 3. The van der Waals surface area contributed by atoms with Gasteiger partial charge < -0.3 is 20.5 Å². The van der Waals surface area contributed by atoms with Crippen molar-refractivity contribution in [3.8, 4) is 17.2 Å². The first kappa shape index (κ1) is 20.9. The van der Waals surface area contributed by atoms with Crippen LogP contribution >= 0.6 is 0 Å². The Bertz CT molecular complexity index is 1210. The van der Waals surface area contributed by atoms with Crippen molar-refractivity contribution in [1.29, 1.82) is 5.41 Å². The quantitative estimate of drug-likeness (QED) is 0.347. The Hall–Kier alpha value is -4.39. The Morgan fingerprint density at radius 1 is 0.906 bits per heavy atom. The van der Waals surface area contributed by atoms with Crippen LogP contribution in [-0.2, 0) is 6.61 Å². The van der Waals surface area contributed by atoms with Crippen molar-refractivity contribution in [2.24, 2.45) is 0 Å². The molecule has 0 aliphatic carbocycles. The van der Waals surface area contributed by atoms with Gasteiger partial charge >= 0.3 is 0 Å². The van der Waals surface area contributed by atoms with E-state index in [0.717, 1.165) is 11.3 Å². The molecule has 0 fully saturated rings. The minimum Gasteiger partial charge on any atom is -0.489 e. The molecule has 4 rings (SSSR count). The van der Waals surface area contributed by atoms with Gasteiger partial charge in [0.15, 0.2) is 0 Å². The van der Waals surface area contributed by atoms with Crippen LogP contribution in [0.4, 0.5) is 11.6 Å². The molecule has 0 unspecified atom stereocenters. The molecule has 0 aliphatic rings. The maximum atomic E-state index is 8.54. The number of benzene rings is 3. The Kier molecular flexibility index (Phi) is 6.27. The molecule has 3 aromatic carbocycles. The molecular weight excluding hydrogens is 402 g/mol. The Labute approximate surface area is 186 Å². The van der Waals surface area contributed by atoms with Gasteiger partial charge in [-0.3, -0.25) is 5.41 Å². The van der Waals surface area contributed by atoms with Gasteiger partial charge in [-0.1, -0.05) is 36.4 Å². The van der Waals surface area contributed by atoms with Crippen LogP contribution in [0.3, 0.4) is 0 Å². The molecule has 0 saturated carbocycles.